The van der Waals surface area contributed by atoms with Gasteiger partial charge in [-0.2, -0.15) is 0 Å². The van der Waals surface area contributed by atoms with Crippen molar-refractivity contribution in [3.8, 4) is 0 Å². The second kappa shape index (κ2) is 20.1. The summed E-state index contributed by atoms with van der Waals surface area (Å²) in [6.07, 6.45) is 10.1. The quantitative estimate of drug-likeness (QED) is 0.245. The molecule has 0 unspecified atom stereocenters. The Bertz CT molecular complexity index is 721. The van der Waals surface area contributed by atoms with Gasteiger partial charge in [0, 0.05) is 12.8 Å². The summed E-state index contributed by atoms with van der Waals surface area (Å²) in [5.41, 5.74) is 0.504. The van der Waals surface area contributed by atoms with Crippen LogP contribution in [0.25, 0.3) is 0 Å². The Balaban J connectivity index is 0.00000181. The lowest BCUT2D eigenvalue weighted by Gasteiger charge is -2.30. The van der Waals surface area contributed by atoms with E-state index in [0.29, 0.717) is 37.9 Å². The summed E-state index contributed by atoms with van der Waals surface area (Å²) in [7, 11) is 0. The highest BCUT2D eigenvalue weighted by atomic mass is 16.6. The minimum atomic E-state index is -0.581. The van der Waals surface area contributed by atoms with Gasteiger partial charge in [-0.1, -0.05) is 104 Å². The molecule has 2 saturated carbocycles. The third-order valence-electron chi connectivity index (χ3n) is 7.91. The summed E-state index contributed by atoms with van der Waals surface area (Å²) in [4.78, 5) is 25.2. The van der Waals surface area contributed by atoms with Crippen LogP contribution < -0.4 is 0 Å². The SMILES string of the molecule is CC.CC.CC1CCC(CC(=O)OCC(C)(COCc2ccccc2)COC(=O)CC2CCC(C)CC2)CC1. The molecule has 0 aromatic heterocycles. The third kappa shape index (κ3) is 14.9. The van der Waals surface area contributed by atoms with Gasteiger partial charge in [0.1, 0.15) is 13.2 Å². The van der Waals surface area contributed by atoms with Crippen molar-refractivity contribution in [1.29, 1.82) is 0 Å². The smallest absolute Gasteiger partial charge is 0.306 e. The monoisotopic (exact) mass is 546 g/mol. The van der Waals surface area contributed by atoms with Crippen LogP contribution in [-0.2, 0) is 30.4 Å². The van der Waals surface area contributed by atoms with E-state index in [0.717, 1.165) is 43.1 Å². The third-order valence-corrected chi connectivity index (χ3v) is 7.91. The van der Waals surface area contributed by atoms with Gasteiger partial charge in [-0.15, -0.1) is 0 Å². The molecule has 1 aromatic carbocycles. The first-order valence-electron chi connectivity index (χ1n) is 15.7. The molecule has 0 bridgehead atoms. The number of rotatable bonds is 12. The molecule has 224 valence electrons. The highest BCUT2D eigenvalue weighted by Crippen LogP contribution is 2.32. The molecular formula is C34H58O5. The van der Waals surface area contributed by atoms with Crippen molar-refractivity contribution in [2.75, 3.05) is 19.8 Å². The number of ether oxygens (including phenoxy) is 3. The van der Waals surface area contributed by atoms with Crippen LogP contribution >= 0.6 is 0 Å². The molecule has 5 heteroatoms. The molecule has 0 amide bonds. The van der Waals surface area contributed by atoms with Crippen LogP contribution in [0, 0.1) is 29.1 Å². The molecule has 2 fully saturated rings. The zero-order valence-corrected chi connectivity index (χ0v) is 26.1. The van der Waals surface area contributed by atoms with Crippen molar-refractivity contribution in [3.05, 3.63) is 35.9 Å². The fraction of sp³-hybridized carbons (Fsp3) is 0.765. The standard InChI is InChI=1S/C30H46O5.2C2H6/c1-23-9-13-25(14-10-23)17-28(31)34-21-30(3,20-33-19-27-7-5-4-6-8-27)22-35-29(32)18-26-15-11-24(2)12-16-26;2*1-2/h4-8,23-26H,9-22H2,1-3H3;2*1-2H3. The van der Waals surface area contributed by atoms with Crippen molar-refractivity contribution < 1.29 is 23.8 Å². The number of hydrogen-bond donors (Lipinski definition) is 0. The van der Waals surface area contributed by atoms with Crippen LogP contribution in [0.5, 0.6) is 0 Å². The van der Waals surface area contributed by atoms with Crippen molar-refractivity contribution in [1.82, 2.24) is 0 Å². The molecule has 3 rings (SSSR count). The molecule has 0 saturated heterocycles. The maximum Gasteiger partial charge on any atom is 0.306 e. The second-order valence-electron chi connectivity index (χ2n) is 11.8. The Morgan fingerprint density at radius 2 is 1.10 bits per heavy atom. The first-order valence-corrected chi connectivity index (χ1v) is 15.7. The van der Waals surface area contributed by atoms with Crippen molar-refractivity contribution >= 4 is 11.9 Å². The Labute approximate surface area is 239 Å². The molecule has 5 nitrogen and oxygen atoms in total. The van der Waals surface area contributed by atoms with Gasteiger partial charge in [-0.25, -0.2) is 0 Å². The fourth-order valence-corrected chi connectivity index (χ4v) is 5.28. The molecule has 0 radical (unpaired) electrons. The zero-order chi connectivity index (χ0) is 29.1. The van der Waals surface area contributed by atoms with Gasteiger partial charge in [0.15, 0.2) is 0 Å². The van der Waals surface area contributed by atoms with Crippen LogP contribution in [0.15, 0.2) is 30.3 Å². The Morgan fingerprint density at radius 1 is 0.692 bits per heavy atom. The Kier molecular flexibility index (Phi) is 18.1. The highest BCUT2D eigenvalue weighted by Gasteiger charge is 2.31. The molecule has 0 N–H and O–H groups in total. The van der Waals surface area contributed by atoms with Gasteiger partial charge in [-0.05, 0) is 54.9 Å². The fourth-order valence-electron chi connectivity index (χ4n) is 5.28. The van der Waals surface area contributed by atoms with Crippen molar-refractivity contribution in [2.45, 2.75) is 119 Å². The molecule has 0 aliphatic heterocycles. The summed E-state index contributed by atoms with van der Waals surface area (Å²) in [5, 5.41) is 0. The second-order valence-corrected chi connectivity index (χ2v) is 11.8. The maximum absolute atomic E-state index is 12.6. The lowest BCUT2D eigenvalue weighted by molar-refractivity contribution is -0.158. The summed E-state index contributed by atoms with van der Waals surface area (Å²) < 4.78 is 17.4. The van der Waals surface area contributed by atoms with E-state index in [1.807, 2.05) is 65.0 Å². The van der Waals surface area contributed by atoms with Crippen LogP contribution in [0.3, 0.4) is 0 Å². The molecular weight excluding hydrogens is 488 g/mol. The summed E-state index contributed by atoms with van der Waals surface area (Å²) >= 11 is 0. The van der Waals surface area contributed by atoms with Crippen LogP contribution in [0.4, 0.5) is 0 Å². The van der Waals surface area contributed by atoms with Gasteiger partial charge in [0.2, 0.25) is 0 Å². The first kappa shape index (κ1) is 35.1. The molecule has 2 aliphatic carbocycles. The van der Waals surface area contributed by atoms with Gasteiger partial charge >= 0.3 is 11.9 Å². The average Bonchev–Trinajstić information content (AvgIpc) is 2.96. The normalized spacial score (nSPS) is 24.1. The lowest BCUT2D eigenvalue weighted by atomic mass is 9.81. The first-order chi connectivity index (χ1) is 18.8. The number of hydrogen-bond acceptors (Lipinski definition) is 5. The molecule has 0 atom stereocenters. The van der Waals surface area contributed by atoms with Gasteiger partial charge in [0.25, 0.3) is 0 Å². The van der Waals surface area contributed by atoms with Crippen molar-refractivity contribution in [3.63, 3.8) is 0 Å². The van der Waals surface area contributed by atoms with E-state index in [-0.39, 0.29) is 25.2 Å². The minimum absolute atomic E-state index is 0.151. The van der Waals surface area contributed by atoms with Crippen molar-refractivity contribution in [2.24, 2.45) is 29.1 Å². The van der Waals surface area contributed by atoms with Crippen LogP contribution in [0.1, 0.15) is 118 Å². The van der Waals surface area contributed by atoms with Gasteiger partial charge < -0.3 is 14.2 Å². The summed E-state index contributed by atoms with van der Waals surface area (Å²) in [6, 6.07) is 9.99. The van der Waals surface area contributed by atoms with Crippen LogP contribution in [0.2, 0.25) is 0 Å². The largest absolute Gasteiger partial charge is 0.465 e. The molecule has 1 aromatic rings. The molecule has 0 spiro atoms. The highest BCUT2D eigenvalue weighted by molar-refractivity contribution is 5.70. The molecule has 0 heterocycles. The van der Waals surface area contributed by atoms with E-state index in [2.05, 4.69) is 13.8 Å². The maximum atomic E-state index is 12.6. The minimum Gasteiger partial charge on any atom is -0.465 e. The number of esters is 2. The summed E-state index contributed by atoms with van der Waals surface area (Å²) in [5.74, 6) is 2.08. The number of benzene rings is 1. The predicted octanol–water partition coefficient (Wildman–Crippen LogP) is 8.78. The number of carbonyl (C=O) groups excluding carboxylic acids is 2. The lowest BCUT2D eigenvalue weighted by Crippen LogP contribution is -2.36. The molecule has 2 aliphatic rings. The number of carbonyl (C=O) groups is 2. The van der Waals surface area contributed by atoms with E-state index >= 15 is 0 Å². The van der Waals surface area contributed by atoms with Gasteiger partial charge in [-0.3, -0.25) is 9.59 Å². The Hall–Kier alpha value is -1.88. The predicted molar refractivity (Wildman–Crippen MR) is 160 cm³/mol. The van der Waals surface area contributed by atoms with E-state index in [1.165, 1.54) is 25.7 Å². The van der Waals surface area contributed by atoms with E-state index in [4.69, 9.17) is 14.2 Å². The Morgan fingerprint density at radius 3 is 1.51 bits per heavy atom. The zero-order valence-electron chi connectivity index (χ0n) is 26.1. The molecule has 39 heavy (non-hydrogen) atoms. The average molecular weight is 547 g/mol. The van der Waals surface area contributed by atoms with E-state index in [9.17, 15) is 9.59 Å². The topological polar surface area (TPSA) is 61.8 Å². The van der Waals surface area contributed by atoms with Gasteiger partial charge in [0.05, 0.1) is 18.6 Å². The summed E-state index contributed by atoms with van der Waals surface area (Å²) in [6.45, 7) is 15.7. The van der Waals surface area contributed by atoms with Crippen LogP contribution in [-0.4, -0.2) is 31.8 Å². The van der Waals surface area contributed by atoms with E-state index in [1.54, 1.807) is 0 Å². The van der Waals surface area contributed by atoms with E-state index < -0.39 is 5.41 Å².